The molecule has 28 heavy (non-hydrogen) atoms. The molecule has 0 unspecified atom stereocenters. The highest BCUT2D eigenvalue weighted by Crippen LogP contribution is 2.44. The van der Waals surface area contributed by atoms with Gasteiger partial charge in [0.05, 0.1) is 10.8 Å². The first-order chi connectivity index (χ1) is 13.4. The fourth-order valence-electron chi connectivity index (χ4n) is 3.32. The predicted molar refractivity (Wildman–Crippen MR) is 106 cm³/mol. The third-order valence-corrected chi connectivity index (χ3v) is 6.31. The molecule has 0 saturated heterocycles. The molecule has 0 spiro atoms. The van der Waals surface area contributed by atoms with Crippen molar-refractivity contribution in [3.05, 3.63) is 89.0 Å². The average molecular weight is 393 g/mol. The normalized spacial score (nSPS) is 13.2. The Hall–Kier alpha value is -3.12. The lowest BCUT2D eigenvalue weighted by Gasteiger charge is -2.27. The van der Waals surface area contributed by atoms with E-state index in [9.17, 15) is 13.2 Å². The molecular formula is C22H19NO4S. The van der Waals surface area contributed by atoms with E-state index in [1.807, 2.05) is 26.0 Å². The lowest BCUT2D eigenvalue weighted by molar-refractivity contribution is -0.120. The Morgan fingerprint density at radius 2 is 1.43 bits per heavy atom. The molecule has 0 bridgehead atoms. The molecule has 5 nitrogen and oxygen atoms in total. The van der Waals surface area contributed by atoms with Crippen LogP contribution in [0.25, 0.3) is 0 Å². The number of para-hydroxylation sites is 2. The molecule has 3 aromatic carbocycles. The van der Waals surface area contributed by atoms with Crippen molar-refractivity contribution in [1.82, 2.24) is 4.72 Å². The third kappa shape index (κ3) is 3.16. The van der Waals surface area contributed by atoms with E-state index in [4.69, 9.17) is 4.74 Å². The summed E-state index contributed by atoms with van der Waals surface area (Å²) in [7, 11) is -3.99. The summed E-state index contributed by atoms with van der Waals surface area (Å²) in [5.74, 6) is -0.293. The van der Waals surface area contributed by atoms with Gasteiger partial charge in [-0.15, -0.1) is 0 Å². The molecule has 0 atom stereocenters. The molecule has 4 rings (SSSR count). The van der Waals surface area contributed by atoms with Gasteiger partial charge in [0.25, 0.3) is 10.0 Å². The van der Waals surface area contributed by atoms with E-state index < -0.39 is 21.8 Å². The van der Waals surface area contributed by atoms with Crippen LogP contribution in [0.2, 0.25) is 0 Å². The highest BCUT2D eigenvalue weighted by atomic mass is 32.2. The molecule has 1 N–H and O–H groups in total. The summed E-state index contributed by atoms with van der Waals surface area (Å²) >= 11 is 0. The van der Waals surface area contributed by atoms with Crippen LogP contribution in [0.3, 0.4) is 0 Å². The number of hydrogen-bond donors (Lipinski definition) is 1. The van der Waals surface area contributed by atoms with Crippen molar-refractivity contribution >= 4 is 15.9 Å². The van der Waals surface area contributed by atoms with Crippen LogP contribution in [0.5, 0.6) is 11.5 Å². The van der Waals surface area contributed by atoms with Crippen LogP contribution in [0.1, 0.15) is 28.2 Å². The second-order valence-corrected chi connectivity index (χ2v) is 8.51. The summed E-state index contributed by atoms with van der Waals surface area (Å²) in [4.78, 5) is 13.2. The Morgan fingerprint density at radius 3 is 2.00 bits per heavy atom. The van der Waals surface area contributed by atoms with E-state index in [1.165, 1.54) is 6.07 Å². The molecule has 0 radical (unpaired) electrons. The maximum Gasteiger partial charge on any atom is 0.264 e. The molecule has 1 aliphatic rings. The van der Waals surface area contributed by atoms with Gasteiger partial charge < -0.3 is 4.74 Å². The Morgan fingerprint density at radius 1 is 0.857 bits per heavy atom. The number of fused-ring (bicyclic) bond motifs is 2. The standard InChI is InChI=1S/C22H19NO4S/c1-14-11-12-16(13-15(14)2)28(25,26)23-22(24)21-17-7-3-5-9-19(17)27-20-10-6-4-8-18(20)21/h3-13,21H,1-2H3,(H,23,24). The number of nitrogens with one attached hydrogen (secondary N) is 1. The van der Waals surface area contributed by atoms with Gasteiger partial charge in [0.2, 0.25) is 5.91 Å². The number of carbonyl (C=O) groups excluding carboxylic acids is 1. The van der Waals surface area contributed by atoms with Gasteiger partial charge in [-0.2, -0.15) is 0 Å². The van der Waals surface area contributed by atoms with Gasteiger partial charge in [0.1, 0.15) is 11.5 Å². The van der Waals surface area contributed by atoms with Crippen molar-refractivity contribution in [3.63, 3.8) is 0 Å². The summed E-state index contributed by atoms with van der Waals surface area (Å²) in [6, 6.07) is 19.1. The number of sulfonamides is 1. The number of aryl methyl sites for hydroxylation is 2. The predicted octanol–water partition coefficient (Wildman–Crippen LogP) is 4.05. The molecule has 1 aliphatic heterocycles. The largest absolute Gasteiger partial charge is 0.457 e. The van der Waals surface area contributed by atoms with Crippen LogP contribution in [0.15, 0.2) is 71.6 Å². The fourth-order valence-corrected chi connectivity index (χ4v) is 4.40. The van der Waals surface area contributed by atoms with E-state index in [-0.39, 0.29) is 4.90 Å². The second kappa shape index (κ2) is 6.80. The molecule has 1 amide bonds. The highest BCUT2D eigenvalue weighted by Gasteiger charge is 2.34. The van der Waals surface area contributed by atoms with Crippen molar-refractivity contribution in [1.29, 1.82) is 0 Å². The van der Waals surface area contributed by atoms with Gasteiger partial charge in [0.15, 0.2) is 0 Å². The number of ether oxygens (including phenoxy) is 1. The van der Waals surface area contributed by atoms with Crippen LogP contribution < -0.4 is 9.46 Å². The van der Waals surface area contributed by atoms with Crippen molar-refractivity contribution in [2.24, 2.45) is 0 Å². The molecule has 0 fully saturated rings. The van der Waals surface area contributed by atoms with Crippen LogP contribution in [0, 0.1) is 13.8 Å². The van der Waals surface area contributed by atoms with Crippen LogP contribution in [-0.2, 0) is 14.8 Å². The Kier molecular flexibility index (Phi) is 4.43. The van der Waals surface area contributed by atoms with Gasteiger partial charge in [0, 0.05) is 11.1 Å². The Balaban J connectivity index is 1.73. The minimum Gasteiger partial charge on any atom is -0.457 e. The number of hydrogen-bond acceptors (Lipinski definition) is 4. The first-order valence-electron chi connectivity index (χ1n) is 8.86. The summed E-state index contributed by atoms with van der Waals surface area (Å²) < 4.78 is 33.7. The summed E-state index contributed by atoms with van der Waals surface area (Å²) in [6.07, 6.45) is 0. The molecule has 3 aromatic rings. The molecule has 142 valence electrons. The maximum absolute atomic E-state index is 13.1. The lowest BCUT2D eigenvalue weighted by atomic mass is 9.87. The van der Waals surface area contributed by atoms with Crippen LogP contribution >= 0.6 is 0 Å². The number of amides is 1. The van der Waals surface area contributed by atoms with Gasteiger partial charge in [-0.25, -0.2) is 13.1 Å². The Bertz CT molecular complexity index is 1140. The topological polar surface area (TPSA) is 72.5 Å². The van der Waals surface area contributed by atoms with Crippen molar-refractivity contribution in [2.75, 3.05) is 0 Å². The minimum absolute atomic E-state index is 0.0672. The monoisotopic (exact) mass is 393 g/mol. The summed E-state index contributed by atoms with van der Waals surface area (Å²) in [5.41, 5.74) is 3.10. The molecule has 0 saturated carbocycles. The van der Waals surface area contributed by atoms with Gasteiger partial charge in [-0.05, 0) is 49.2 Å². The number of carbonyl (C=O) groups is 1. The van der Waals surface area contributed by atoms with E-state index in [1.54, 1.807) is 48.5 Å². The third-order valence-electron chi connectivity index (χ3n) is 4.97. The zero-order valence-corrected chi connectivity index (χ0v) is 16.3. The van der Waals surface area contributed by atoms with Crippen LogP contribution in [-0.4, -0.2) is 14.3 Å². The first-order valence-corrected chi connectivity index (χ1v) is 10.3. The summed E-state index contributed by atoms with van der Waals surface area (Å²) in [6.45, 7) is 3.74. The van der Waals surface area contributed by atoms with Crippen LogP contribution in [0.4, 0.5) is 0 Å². The van der Waals surface area contributed by atoms with E-state index in [0.717, 1.165) is 11.1 Å². The van der Waals surface area contributed by atoms with Crippen molar-refractivity contribution in [2.45, 2.75) is 24.7 Å². The van der Waals surface area contributed by atoms with Gasteiger partial charge in [-0.3, -0.25) is 4.79 Å². The average Bonchev–Trinajstić information content (AvgIpc) is 2.67. The molecular weight excluding hydrogens is 374 g/mol. The highest BCUT2D eigenvalue weighted by molar-refractivity contribution is 7.90. The number of benzene rings is 3. The molecule has 0 aromatic heterocycles. The quantitative estimate of drug-likeness (QED) is 0.729. The van der Waals surface area contributed by atoms with E-state index in [0.29, 0.717) is 22.6 Å². The second-order valence-electron chi connectivity index (χ2n) is 6.83. The minimum atomic E-state index is -3.99. The molecule has 6 heteroatoms. The van der Waals surface area contributed by atoms with Gasteiger partial charge in [-0.1, -0.05) is 42.5 Å². The van der Waals surface area contributed by atoms with Crippen molar-refractivity contribution < 1.29 is 17.9 Å². The first kappa shape index (κ1) is 18.3. The van der Waals surface area contributed by atoms with Crippen molar-refractivity contribution in [3.8, 4) is 11.5 Å². The fraction of sp³-hybridized carbons (Fsp3) is 0.136. The molecule has 1 heterocycles. The zero-order chi connectivity index (χ0) is 19.9. The molecule has 0 aliphatic carbocycles. The van der Waals surface area contributed by atoms with E-state index >= 15 is 0 Å². The van der Waals surface area contributed by atoms with E-state index in [2.05, 4.69) is 4.72 Å². The maximum atomic E-state index is 13.1. The number of rotatable bonds is 3. The Labute approximate surface area is 164 Å². The summed E-state index contributed by atoms with van der Waals surface area (Å²) in [5, 5.41) is 0. The zero-order valence-electron chi connectivity index (χ0n) is 15.5. The lowest BCUT2D eigenvalue weighted by Crippen LogP contribution is -2.36. The smallest absolute Gasteiger partial charge is 0.264 e. The van der Waals surface area contributed by atoms with Gasteiger partial charge >= 0.3 is 0 Å². The SMILES string of the molecule is Cc1ccc(S(=O)(=O)NC(=O)C2c3ccccc3Oc3ccccc32)cc1C.